The summed E-state index contributed by atoms with van der Waals surface area (Å²) in [7, 11) is 0. The summed E-state index contributed by atoms with van der Waals surface area (Å²) in [4.78, 5) is 0. The fraction of sp³-hybridized carbons (Fsp3) is 0.0500. The third-order valence-electron chi connectivity index (χ3n) is 3.83. The molecule has 0 bridgehead atoms. The first kappa shape index (κ1) is 16.1. The highest BCUT2D eigenvalue weighted by Gasteiger charge is 2.03. The molecule has 24 heavy (non-hydrogen) atoms. The van der Waals surface area contributed by atoms with Gasteiger partial charge in [0, 0.05) is 28.4 Å². The monoisotopic (exact) mass is 335 g/mol. The summed E-state index contributed by atoms with van der Waals surface area (Å²) in [6.45, 7) is 0.724. The molecule has 4 heteroatoms. The van der Waals surface area contributed by atoms with Crippen molar-refractivity contribution in [3.63, 3.8) is 0 Å². The average molecular weight is 336 g/mol. The van der Waals surface area contributed by atoms with E-state index in [4.69, 9.17) is 22.7 Å². The second kappa shape index (κ2) is 7.20. The van der Waals surface area contributed by atoms with Crippen LogP contribution < -0.4 is 11.1 Å². The molecule has 3 rings (SSSR count). The third-order valence-corrected chi connectivity index (χ3v) is 4.16. The zero-order valence-electron chi connectivity index (χ0n) is 13.1. The van der Waals surface area contributed by atoms with Gasteiger partial charge in [0.15, 0.2) is 0 Å². The zero-order valence-corrected chi connectivity index (χ0v) is 13.8. The van der Waals surface area contributed by atoms with Gasteiger partial charge in [0.05, 0.1) is 0 Å². The number of anilines is 1. The maximum atomic E-state index is 7.40. The number of nitrogen functional groups attached to an aromatic ring is 1. The van der Waals surface area contributed by atoms with Crippen molar-refractivity contribution < 1.29 is 0 Å². The van der Waals surface area contributed by atoms with E-state index in [1.807, 2.05) is 48.5 Å². The summed E-state index contributed by atoms with van der Waals surface area (Å²) in [6, 6.07) is 23.7. The van der Waals surface area contributed by atoms with E-state index in [1.54, 1.807) is 0 Å². The van der Waals surface area contributed by atoms with Crippen molar-refractivity contribution in [3.8, 4) is 11.1 Å². The SMILES string of the molecule is N=C(N)c1ccc(NCc2ccc(-c3ccccc3Cl)cc2)cc1. The molecule has 0 aliphatic carbocycles. The lowest BCUT2D eigenvalue weighted by atomic mass is 10.0. The molecule has 0 fully saturated rings. The van der Waals surface area contributed by atoms with Gasteiger partial charge < -0.3 is 11.1 Å². The normalized spacial score (nSPS) is 10.4. The summed E-state index contributed by atoms with van der Waals surface area (Å²) < 4.78 is 0. The van der Waals surface area contributed by atoms with E-state index in [-0.39, 0.29) is 5.84 Å². The second-order valence-electron chi connectivity index (χ2n) is 5.52. The molecule has 0 saturated carbocycles. The third kappa shape index (κ3) is 3.76. The minimum atomic E-state index is 0.0803. The summed E-state index contributed by atoms with van der Waals surface area (Å²) in [5, 5.41) is 11.5. The zero-order chi connectivity index (χ0) is 16.9. The van der Waals surface area contributed by atoms with E-state index in [2.05, 4.69) is 29.6 Å². The van der Waals surface area contributed by atoms with Gasteiger partial charge >= 0.3 is 0 Å². The highest BCUT2D eigenvalue weighted by atomic mass is 35.5. The van der Waals surface area contributed by atoms with Crippen LogP contribution in [0.25, 0.3) is 11.1 Å². The van der Waals surface area contributed by atoms with Crippen LogP contribution in [0.3, 0.4) is 0 Å². The summed E-state index contributed by atoms with van der Waals surface area (Å²) in [5.41, 5.74) is 10.5. The lowest BCUT2D eigenvalue weighted by molar-refractivity contribution is 1.15. The molecule has 0 atom stereocenters. The van der Waals surface area contributed by atoms with Gasteiger partial charge in [-0.15, -0.1) is 0 Å². The highest BCUT2D eigenvalue weighted by molar-refractivity contribution is 6.33. The molecule has 0 radical (unpaired) electrons. The maximum absolute atomic E-state index is 7.40. The van der Waals surface area contributed by atoms with Crippen molar-refractivity contribution in [3.05, 3.63) is 88.9 Å². The highest BCUT2D eigenvalue weighted by Crippen LogP contribution is 2.27. The van der Waals surface area contributed by atoms with Crippen LogP contribution in [0.5, 0.6) is 0 Å². The van der Waals surface area contributed by atoms with Crippen molar-refractivity contribution in [2.45, 2.75) is 6.54 Å². The van der Waals surface area contributed by atoms with Gasteiger partial charge in [-0.2, -0.15) is 0 Å². The van der Waals surface area contributed by atoms with Gasteiger partial charge in [0.1, 0.15) is 5.84 Å². The van der Waals surface area contributed by atoms with Crippen molar-refractivity contribution in [1.29, 1.82) is 5.41 Å². The van der Waals surface area contributed by atoms with Gasteiger partial charge in [-0.3, -0.25) is 5.41 Å². The van der Waals surface area contributed by atoms with Crippen LogP contribution in [-0.2, 0) is 6.54 Å². The molecule has 0 aliphatic rings. The first-order valence-electron chi connectivity index (χ1n) is 7.65. The Morgan fingerprint density at radius 1 is 0.917 bits per heavy atom. The van der Waals surface area contributed by atoms with Gasteiger partial charge in [-0.1, -0.05) is 54.1 Å². The van der Waals surface area contributed by atoms with E-state index in [1.165, 1.54) is 5.56 Å². The predicted octanol–water partition coefficient (Wildman–Crippen LogP) is 4.90. The number of nitrogens with one attached hydrogen (secondary N) is 2. The molecule has 0 aromatic heterocycles. The van der Waals surface area contributed by atoms with Crippen LogP contribution in [-0.4, -0.2) is 5.84 Å². The maximum Gasteiger partial charge on any atom is 0.122 e. The molecule has 0 amide bonds. The quantitative estimate of drug-likeness (QED) is 0.458. The minimum Gasteiger partial charge on any atom is -0.384 e. The Balaban J connectivity index is 1.66. The van der Waals surface area contributed by atoms with E-state index in [9.17, 15) is 0 Å². The smallest absolute Gasteiger partial charge is 0.122 e. The van der Waals surface area contributed by atoms with Crippen molar-refractivity contribution in [2.75, 3.05) is 5.32 Å². The summed E-state index contributed by atoms with van der Waals surface area (Å²) in [5.74, 6) is 0.0803. The number of halogens is 1. The van der Waals surface area contributed by atoms with Gasteiger partial charge in [-0.25, -0.2) is 0 Å². The topological polar surface area (TPSA) is 61.9 Å². The molecule has 4 N–H and O–H groups in total. The Bertz CT molecular complexity index is 840. The second-order valence-corrected chi connectivity index (χ2v) is 5.93. The van der Waals surface area contributed by atoms with E-state index in [0.717, 1.165) is 33.9 Å². The van der Waals surface area contributed by atoms with Crippen molar-refractivity contribution in [2.24, 2.45) is 5.73 Å². The number of hydrogen-bond acceptors (Lipinski definition) is 2. The van der Waals surface area contributed by atoms with E-state index >= 15 is 0 Å². The standard InChI is InChI=1S/C20H18ClN3/c21-19-4-2-1-3-18(19)15-7-5-14(6-8-15)13-24-17-11-9-16(10-12-17)20(22)23/h1-12,24H,13H2,(H3,22,23). The van der Waals surface area contributed by atoms with E-state index in [0.29, 0.717) is 0 Å². The summed E-state index contributed by atoms with van der Waals surface area (Å²) in [6.07, 6.45) is 0. The molecule has 0 spiro atoms. The lowest BCUT2D eigenvalue weighted by Crippen LogP contribution is -2.10. The fourth-order valence-corrected chi connectivity index (χ4v) is 2.71. The summed E-state index contributed by atoms with van der Waals surface area (Å²) >= 11 is 6.24. The van der Waals surface area contributed by atoms with Crippen LogP contribution in [0.4, 0.5) is 5.69 Å². The Morgan fingerprint density at radius 3 is 2.21 bits per heavy atom. The molecular formula is C20H18ClN3. The molecule has 3 aromatic carbocycles. The molecule has 120 valence electrons. The molecular weight excluding hydrogens is 318 g/mol. The average Bonchev–Trinajstić information content (AvgIpc) is 2.61. The largest absolute Gasteiger partial charge is 0.384 e. The fourth-order valence-electron chi connectivity index (χ4n) is 2.47. The number of nitrogens with two attached hydrogens (primary N) is 1. The number of amidine groups is 1. The predicted molar refractivity (Wildman–Crippen MR) is 102 cm³/mol. The van der Waals surface area contributed by atoms with E-state index < -0.39 is 0 Å². The van der Waals surface area contributed by atoms with Gasteiger partial charge in [0.25, 0.3) is 0 Å². The first-order chi connectivity index (χ1) is 11.6. The Kier molecular flexibility index (Phi) is 4.82. The molecule has 3 nitrogen and oxygen atoms in total. The molecule has 0 saturated heterocycles. The van der Waals surface area contributed by atoms with Gasteiger partial charge in [-0.05, 0) is 41.5 Å². The van der Waals surface area contributed by atoms with Crippen LogP contribution in [0.1, 0.15) is 11.1 Å². The lowest BCUT2D eigenvalue weighted by Gasteiger charge is -2.09. The van der Waals surface area contributed by atoms with Crippen molar-refractivity contribution >= 4 is 23.1 Å². The van der Waals surface area contributed by atoms with Gasteiger partial charge in [0.2, 0.25) is 0 Å². The Labute approximate surface area is 146 Å². The van der Waals surface area contributed by atoms with Crippen LogP contribution >= 0.6 is 11.6 Å². The van der Waals surface area contributed by atoms with Crippen LogP contribution in [0, 0.1) is 5.41 Å². The number of hydrogen-bond donors (Lipinski definition) is 3. The Hall–Kier alpha value is -2.78. The minimum absolute atomic E-state index is 0.0803. The molecule has 0 heterocycles. The molecule has 3 aromatic rings. The first-order valence-corrected chi connectivity index (χ1v) is 8.03. The molecule has 0 aliphatic heterocycles. The Morgan fingerprint density at radius 2 is 1.58 bits per heavy atom. The van der Waals surface area contributed by atoms with Crippen LogP contribution in [0.15, 0.2) is 72.8 Å². The number of rotatable bonds is 5. The molecule has 0 unspecified atom stereocenters. The number of benzene rings is 3. The van der Waals surface area contributed by atoms with Crippen LogP contribution in [0.2, 0.25) is 5.02 Å². The van der Waals surface area contributed by atoms with Crippen molar-refractivity contribution in [1.82, 2.24) is 0 Å².